The predicted molar refractivity (Wildman–Crippen MR) is 73.4 cm³/mol. The fraction of sp³-hybridized carbons (Fsp3) is 0.333. The third kappa shape index (κ3) is 4.58. The molecule has 0 aliphatic heterocycles. The molecule has 0 radical (unpaired) electrons. The number of hydrogen-bond acceptors (Lipinski definition) is 3. The van der Waals surface area contributed by atoms with Crippen molar-refractivity contribution in [3.63, 3.8) is 0 Å². The molecule has 0 bridgehead atoms. The van der Waals surface area contributed by atoms with Crippen molar-refractivity contribution >= 4 is 11.9 Å². The molecule has 0 saturated heterocycles. The maximum absolute atomic E-state index is 11.4. The lowest BCUT2D eigenvalue weighted by Crippen LogP contribution is -2.40. The molecule has 1 rings (SSSR count). The minimum Gasteiger partial charge on any atom is -0.463 e. The number of benzene rings is 1. The number of hydrogen-bond donors (Lipinski definition) is 1. The van der Waals surface area contributed by atoms with Gasteiger partial charge in [-0.2, -0.15) is 0 Å². The summed E-state index contributed by atoms with van der Waals surface area (Å²) in [6, 6.07) is 9.45. The third-order valence-corrected chi connectivity index (χ3v) is 2.65. The van der Waals surface area contributed by atoms with E-state index in [4.69, 9.17) is 4.74 Å². The van der Waals surface area contributed by atoms with Crippen molar-refractivity contribution in [2.45, 2.75) is 26.3 Å². The summed E-state index contributed by atoms with van der Waals surface area (Å²) in [6.07, 6.45) is 2.98. The summed E-state index contributed by atoms with van der Waals surface area (Å²) in [4.78, 5) is 22.7. The van der Waals surface area contributed by atoms with Gasteiger partial charge in [0.05, 0.1) is 12.1 Å². The summed E-state index contributed by atoms with van der Waals surface area (Å²) in [6.45, 7) is 5.35. The smallest absolute Gasteiger partial charge is 0.330 e. The number of ether oxygens (including phenoxy) is 1. The van der Waals surface area contributed by atoms with Crippen molar-refractivity contribution in [1.82, 2.24) is 5.32 Å². The molecule has 4 heteroatoms. The van der Waals surface area contributed by atoms with E-state index < -0.39 is 11.5 Å². The first-order chi connectivity index (χ1) is 8.98. The molecule has 0 aliphatic rings. The first-order valence-electron chi connectivity index (χ1n) is 6.18. The molecule has 0 saturated carbocycles. The quantitative estimate of drug-likeness (QED) is 0.652. The zero-order valence-electron chi connectivity index (χ0n) is 11.5. The summed E-state index contributed by atoms with van der Waals surface area (Å²) >= 11 is 0. The Morgan fingerprint density at radius 2 is 1.95 bits per heavy atom. The molecular weight excluding hydrogens is 242 g/mol. The second kappa shape index (κ2) is 6.73. The Hall–Kier alpha value is -2.10. The topological polar surface area (TPSA) is 55.4 Å². The Morgan fingerprint density at radius 1 is 1.32 bits per heavy atom. The number of rotatable bonds is 5. The van der Waals surface area contributed by atoms with Crippen molar-refractivity contribution in [2.75, 3.05) is 6.61 Å². The summed E-state index contributed by atoms with van der Waals surface area (Å²) in [7, 11) is 0. The van der Waals surface area contributed by atoms with Crippen LogP contribution in [0, 0.1) is 0 Å². The van der Waals surface area contributed by atoms with Crippen molar-refractivity contribution in [3.8, 4) is 0 Å². The van der Waals surface area contributed by atoms with Gasteiger partial charge in [-0.15, -0.1) is 0 Å². The van der Waals surface area contributed by atoms with Gasteiger partial charge < -0.3 is 10.1 Å². The van der Waals surface area contributed by atoms with Gasteiger partial charge >= 0.3 is 5.97 Å². The van der Waals surface area contributed by atoms with Crippen LogP contribution in [-0.2, 0) is 19.9 Å². The fourth-order valence-electron chi connectivity index (χ4n) is 1.79. The van der Waals surface area contributed by atoms with Crippen LogP contribution in [0.25, 0.3) is 0 Å². The van der Waals surface area contributed by atoms with E-state index >= 15 is 0 Å². The zero-order chi connectivity index (χ0) is 14.3. The Morgan fingerprint density at radius 3 is 2.47 bits per heavy atom. The normalized spacial score (nSPS) is 13.8. The standard InChI is InChI=1S/C15H19NO3/c1-4-19-14(18)10-11-15(3,16-12(2)17)13-8-6-5-7-9-13/h5-11H,4H2,1-3H3,(H,16,17)/b11-10+. The van der Waals surface area contributed by atoms with E-state index in [-0.39, 0.29) is 5.91 Å². The van der Waals surface area contributed by atoms with Crippen LogP contribution in [0.2, 0.25) is 0 Å². The molecule has 19 heavy (non-hydrogen) atoms. The maximum Gasteiger partial charge on any atom is 0.330 e. The van der Waals surface area contributed by atoms with Crippen LogP contribution in [-0.4, -0.2) is 18.5 Å². The second-order valence-electron chi connectivity index (χ2n) is 4.33. The minimum atomic E-state index is -0.736. The van der Waals surface area contributed by atoms with E-state index in [1.54, 1.807) is 13.0 Å². The van der Waals surface area contributed by atoms with Gasteiger partial charge in [-0.25, -0.2) is 4.79 Å². The molecule has 1 amide bonds. The lowest BCUT2D eigenvalue weighted by Gasteiger charge is -2.27. The van der Waals surface area contributed by atoms with Gasteiger partial charge in [-0.1, -0.05) is 30.3 Å². The maximum atomic E-state index is 11.4. The second-order valence-corrected chi connectivity index (χ2v) is 4.33. The molecular formula is C15H19NO3. The highest BCUT2D eigenvalue weighted by atomic mass is 16.5. The molecule has 0 heterocycles. The van der Waals surface area contributed by atoms with Gasteiger partial charge in [0.25, 0.3) is 0 Å². The molecule has 4 nitrogen and oxygen atoms in total. The first-order valence-corrected chi connectivity index (χ1v) is 6.18. The number of nitrogens with one attached hydrogen (secondary N) is 1. The average molecular weight is 261 g/mol. The molecule has 1 N–H and O–H groups in total. The van der Waals surface area contributed by atoms with Gasteiger partial charge in [0, 0.05) is 13.0 Å². The number of carbonyl (C=O) groups excluding carboxylic acids is 2. The van der Waals surface area contributed by atoms with Gasteiger partial charge in [0.2, 0.25) is 5.91 Å². The lowest BCUT2D eigenvalue weighted by atomic mass is 9.91. The first kappa shape index (κ1) is 15.0. The number of esters is 1. The Bertz CT molecular complexity index is 468. The fourth-order valence-corrected chi connectivity index (χ4v) is 1.79. The van der Waals surface area contributed by atoms with Crippen molar-refractivity contribution < 1.29 is 14.3 Å². The number of amides is 1. The Balaban J connectivity index is 3.00. The van der Waals surface area contributed by atoms with Crippen LogP contribution < -0.4 is 5.32 Å². The molecule has 0 fully saturated rings. The highest BCUT2D eigenvalue weighted by Gasteiger charge is 2.24. The zero-order valence-corrected chi connectivity index (χ0v) is 11.5. The largest absolute Gasteiger partial charge is 0.463 e. The van der Waals surface area contributed by atoms with Crippen LogP contribution in [0.1, 0.15) is 26.3 Å². The van der Waals surface area contributed by atoms with E-state index in [1.165, 1.54) is 13.0 Å². The van der Waals surface area contributed by atoms with Crippen molar-refractivity contribution in [2.24, 2.45) is 0 Å². The van der Waals surface area contributed by atoms with Crippen LogP contribution >= 0.6 is 0 Å². The molecule has 0 spiro atoms. The average Bonchev–Trinajstić information content (AvgIpc) is 2.37. The van der Waals surface area contributed by atoms with Crippen LogP contribution in [0.5, 0.6) is 0 Å². The van der Waals surface area contributed by atoms with E-state index in [2.05, 4.69) is 5.32 Å². The van der Waals surface area contributed by atoms with Gasteiger partial charge in [-0.3, -0.25) is 4.79 Å². The molecule has 102 valence electrons. The molecule has 1 atom stereocenters. The summed E-state index contributed by atoms with van der Waals surface area (Å²) in [5.74, 6) is -0.588. The molecule has 1 aromatic carbocycles. The van der Waals surface area contributed by atoms with Crippen molar-refractivity contribution in [3.05, 3.63) is 48.0 Å². The van der Waals surface area contributed by atoms with Gasteiger partial charge in [0.1, 0.15) is 0 Å². The monoisotopic (exact) mass is 261 g/mol. The van der Waals surface area contributed by atoms with Crippen LogP contribution in [0.15, 0.2) is 42.5 Å². The van der Waals surface area contributed by atoms with Crippen LogP contribution in [0.3, 0.4) is 0 Å². The number of carbonyl (C=O) groups is 2. The summed E-state index contributed by atoms with van der Waals surface area (Å²) in [5, 5.41) is 2.84. The Labute approximate surface area is 113 Å². The van der Waals surface area contributed by atoms with E-state index in [0.717, 1.165) is 5.56 Å². The highest BCUT2D eigenvalue weighted by Crippen LogP contribution is 2.22. The van der Waals surface area contributed by atoms with Crippen LogP contribution in [0.4, 0.5) is 0 Å². The highest BCUT2D eigenvalue weighted by molar-refractivity contribution is 5.82. The van der Waals surface area contributed by atoms with Crippen molar-refractivity contribution in [1.29, 1.82) is 0 Å². The van der Waals surface area contributed by atoms with E-state index in [1.807, 2.05) is 37.3 Å². The van der Waals surface area contributed by atoms with E-state index in [0.29, 0.717) is 6.61 Å². The summed E-state index contributed by atoms with van der Waals surface area (Å²) < 4.78 is 4.84. The Kier molecular flexibility index (Phi) is 5.30. The summed E-state index contributed by atoms with van der Waals surface area (Å²) in [5.41, 5.74) is 0.158. The third-order valence-electron chi connectivity index (χ3n) is 2.65. The molecule has 1 aromatic rings. The lowest BCUT2D eigenvalue weighted by molar-refractivity contribution is -0.137. The predicted octanol–water partition coefficient (Wildman–Crippen LogP) is 2.16. The molecule has 1 unspecified atom stereocenters. The van der Waals surface area contributed by atoms with Gasteiger partial charge in [0.15, 0.2) is 0 Å². The molecule has 0 aliphatic carbocycles. The van der Waals surface area contributed by atoms with E-state index in [9.17, 15) is 9.59 Å². The SMILES string of the molecule is CCOC(=O)/C=C/C(C)(NC(C)=O)c1ccccc1. The minimum absolute atomic E-state index is 0.167. The molecule has 0 aromatic heterocycles. The van der Waals surface area contributed by atoms with Gasteiger partial charge in [-0.05, 0) is 25.5 Å².